The van der Waals surface area contributed by atoms with Gasteiger partial charge in [0.15, 0.2) is 0 Å². The molecule has 0 rings (SSSR count). The summed E-state index contributed by atoms with van der Waals surface area (Å²) in [5, 5.41) is 11.9. The Morgan fingerprint density at radius 2 is 2.00 bits per heavy atom. The van der Waals surface area contributed by atoms with Gasteiger partial charge in [-0.2, -0.15) is 0 Å². The second-order valence-corrected chi connectivity index (χ2v) is 4.78. The third-order valence-electron chi connectivity index (χ3n) is 2.60. The number of nitrogens with one attached hydrogen (secondary N) is 1. The van der Waals surface area contributed by atoms with Gasteiger partial charge in [0.25, 0.3) is 0 Å². The summed E-state index contributed by atoms with van der Waals surface area (Å²) in [7, 11) is 3.92. The van der Waals surface area contributed by atoms with Gasteiger partial charge in [-0.1, -0.05) is 13.3 Å². The zero-order chi connectivity index (χ0) is 14.7. The van der Waals surface area contributed by atoms with E-state index in [0.29, 0.717) is 13.2 Å². The summed E-state index contributed by atoms with van der Waals surface area (Å²) in [5.74, 6) is -1.47. The SMILES string of the molecule is CCCCOC(=O)C[C@H](NCCCN(C)C)C(=O)O. The lowest BCUT2D eigenvalue weighted by atomic mass is 10.2. The van der Waals surface area contributed by atoms with E-state index < -0.39 is 18.0 Å². The highest BCUT2D eigenvalue weighted by Crippen LogP contribution is 1.98. The minimum absolute atomic E-state index is 0.124. The molecule has 0 aromatic heterocycles. The van der Waals surface area contributed by atoms with Gasteiger partial charge in [-0.25, -0.2) is 0 Å². The monoisotopic (exact) mass is 274 g/mol. The van der Waals surface area contributed by atoms with Gasteiger partial charge in [-0.15, -0.1) is 0 Å². The standard InChI is InChI=1S/C13H26N2O4/c1-4-5-9-19-12(16)10-11(13(17)18)14-7-6-8-15(2)3/h11,14H,4-10H2,1-3H3,(H,17,18)/t11-/m0/s1. The van der Waals surface area contributed by atoms with E-state index in [1.807, 2.05) is 25.9 Å². The topological polar surface area (TPSA) is 78.9 Å². The Morgan fingerprint density at radius 1 is 1.32 bits per heavy atom. The van der Waals surface area contributed by atoms with Gasteiger partial charge >= 0.3 is 11.9 Å². The summed E-state index contributed by atoms with van der Waals surface area (Å²) in [6.45, 7) is 3.81. The minimum Gasteiger partial charge on any atom is -0.480 e. The Bertz CT molecular complexity index is 269. The largest absolute Gasteiger partial charge is 0.480 e. The first kappa shape index (κ1) is 17.9. The predicted molar refractivity (Wildman–Crippen MR) is 73.1 cm³/mol. The third-order valence-corrected chi connectivity index (χ3v) is 2.60. The van der Waals surface area contributed by atoms with Crippen LogP contribution >= 0.6 is 0 Å². The minimum atomic E-state index is -1.02. The lowest BCUT2D eigenvalue weighted by Gasteiger charge is -2.15. The Kier molecular flexibility index (Phi) is 10.1. The summed E-state index contributed by atoms with van der Waals surface area (Å²) in [6.07, 6.45) is 2.46. The van der Waals surface area contributed by atoms with Crippen molar-refractivity contribution in [2.24, 2.45) is 0 Å². The highest BCUT2D eigenvalue weighted by Gasteiger charge is 2.21. The van der Waals surface area contributed by atoms with Crippen molar-refractivity contribution in [2.75, 3.05) is 33.8 Å². The van der Waals surface area contributed by atoms with E-state index in [9.17, 15) is 9.59 Å². The number of carboxylic acid groups (broad SMARTS) is 1. The van der Waals surface area contributed by atoms with Crippen molar-refractivity contribution < 1.29 is 19.4 Å². The molecular weight excluding hydrogens is 248 g/mol. The zero-order valence-electron chi connectivity index (χ0n) is 12.1. The first-order chi connectivity index (χ1) is 8.97. The maximum Gasteiger partial charge on any atom is 0.321 e. The molecule has 6 nitrogen and oxygen atoms in total. The molecule has 0 aliphatic carbocycles. The smallest absolute Gasteiger partial charge is 0.321 e. The second kappa shape index (κ2) is 10.8. The van der Waals surface area contributed by atoms with Crippen LogP contribution in [0.1, 0.15) is 32.6 Å². The van der Waals surface area contributed by atoms with Gasteiger partial charge in [-0.3, -0.25) is 9.59 Å². The van der Waals surface area contributed by atoms with Gasteiger partial charge in [0.2, 0.25) is 0 Å². The van der Waals surface area contributed by atoms with E-state index in [1.54, 1.807) is 0 Å². The summed E-state index contributed by atoms with van der Waals surface area (Å²) in [5.41, 5.74) is 0. The molecule has 0 saturated heterocycles. The molecule has 0 bridgehead atoms. The Morgan fingerprint density at radius 3 is 2.53 bits per heavy atom. The number of nitrogens with zero attached hydrogens (tertiary/aromatic N) is 1. The Hall–Kier alpha value is -1.14. The van der Waals surface area contributed by atoms with E-state index in [4.69, 9.17) is 9.84 Å². The Balaban J connectivity index is 3.91. The second-order valence-electron chi connectivity index (χ2n) is 4.78. The Labute approximate surface area is 115 Å². The van der Waals surface area contributed by atoms with E-state index >= 15 is 0 Å². The van der Waals surface area contributed by atoms with E-state index in [0.717, 1.165) is 25.8 Å². The normalized spacial score (nSPS) is 12.4. The van der Waals surface area contributed by atoms with Crippen molar-refractivity contribution in [1.82, 2.24) is 10.2 Å². The quantitative estimate of drug-likeness (QED) is 0.427. The third kappa shape index (κ3) is 10.5. The highest BCUT2D eigenvalue weighted by atomic mass is 16.5. The van der Waals surface area contributed by atoms with Crippen molar-refractivity contribution in [2.45, 2.75) is 38.6 Å². The van der Waals surface area contributed by atoms with Crippen LogP contribution in [0.5, 0.6) is 0 Å². The van der Waals surface area contributed by atoms with Crippen molar-refractivity contribution in [1.29, 1.82) is 0 Å². The fourth-order valence-electron chi connectivity index (χ4n) is 1.47. The van der Waals surface area contributed by atoms with E-state index in [-0.39, 0.29) is 6.42 Å². The molecule has 19 heavy (non-hydrogen) atoms. The van der Waals surface area contributed by atoms with Crippen LogP contribution in [0, 0.1) is 0 Å². The summed E-state index contributed by atoms with van der Waals surface area (Å²) >= 11 is 0. The number of carbonyl (C=O) groups is 2. The molecule has 1 atom stereocenters. The maximum atomic E-state index is 11.4. The molecule has 0 amide bonds. The molecule has 0 aromatic carbocycles. The number of hydrogen-bond acceptors (Lipinski definition) is 5. The van der Waals surface area contributed by atoms with Crippen LogP contribution < -0.4 is 5.32 Å². The van der Waals surface area contributed by atoms with Gasteiger partial charge in [0.1, 0.15) is 6.04 Å². The van der Waals surface area contributed by atoms with Crippen LogP contribution in [0.25, 0.3) is 0 Å². The van der Waals surface area contributed by atoms with Crippen molar-refractivity contribution in [3.05, 3.63) is 0 Å². The molecule has 0 aromatic rings. The summed E-state index contributed by atoms with van der Waals surface area (Å²) < 4.78 is 4.96. The molecular formula is C13H26N2O4. The van der Waals surface area contributed by atoms with Crippen molar-refractivity contribution >= 4 is 11.9 Å². The van der Waals surface area contributed by atoms with Gasteiger partial charge in [0, 0.05) is 0 Å². The van der Waals surface area contributed by atoms with Crippen LogP contribution in [0.2, 0.25) is 0 Å². The fraction of sp³-hybridized carbons (Fsp3) is 0.846. The van der Waals surface area contributed by atoms with Crippen LogP contribution in [0.3, 0.4) is 0 Å². The fourth-order valence-corrected chi connectivity index (χ4v) is 1.47. The molecule has 0 aliphatic heterocycles. The lowest BCUT2D eigenvalue weighted by Crippen LogP contribution is -2.40. The molecule has 0 aliphatic rings. The number of ether oxygens (including phenoxy) is 1. The number of rotatable bonds is 11. The zero-order valence-corrected chi connectivity index (χ0v) is 12.1. The number of unbranched alkanes of at least 4 members (excludes halogenated alkanes) is 1. The first-order valence-corrected chi connectivity index (χ1v) is 6.74. The van der Waals surface area contributed by atoms with Crippen molar-refractivity contribution in [3.8, 4) is 0 Å². The average molecular weight is 274 g/mol. The highest BCUT2D eigenvalue weighted by molar-refractivity contribution is 5.81. The molecule has 0 saturated carbocycles. The number of aliphatic carboxylic acids is 1. The molecule has 2 N–H and O–H groups in total. The first-order valence-electron chi connectivity index (χ1n) is 6.74. The number of esters is 1. The van der Waals surface area contributed by atoms with E-state index in [1.165, 1.54) is 0 Å². The summed E-state index contributed by atoms with van der Waals surface area (Å²) in [4.78, 5) is 24.5. The summed E-state index contributed by atoms with van der Waals surface area (Å²) in [6, 6.07) is -0.865. The molecule has 0 spiro atoms. The van der Waals surface area contributed by atoms with E-state index in [2.05, 4.69) is 5.32 Å². The van der Waals surface area contributed by atoms with Gasteiger partial charge < -0.3 is 20.1 Å². The molecule has 0 radical (unpaired) electrons. The molecule has 0 heterocycles. The van der Waals surface area contributed by atoms with Crippen LogP contribution in [-0.2, 0) is 14.3 Å². The van der Waals surface area contributed by atoms with Crippen molar-refractivity contribution in [3.63, 3.8) is 0 Å². The molecule has 112 valence electrons. The molecule has 0 unspecified atom stereocenters. The lowest BCUT2D eigenvalue weighted by molar-refractivity contribution is -0.149. The predicted octanol–water partition coefficient (Wildman–Crippen LogP) is 0.714. The molecule has 0 fully saturated rings. The van der Waals surface area contributed by atoms with Gasteiger partial charge in [-0.05, 0) is 40.0 Å². The number of hydrogen-bond donors (Lipinski definition) is 2. The number of carboxylic acids is 1. The van der Waals surface area contributed by atoms with Gasteiger partial charge in [0.05, 0.1) is 13.0 Å². The van der Waals surface area contributed by atoms with Crippen LogP contribution in [0.15, 0.2) is 0 Å². The van der Waals surface area contributed by atoms with Crippen LogP contribution in [-0.4, -0.2) is 61.8 Å². The number of carbonyl (C=O) groups excluding carboxylic acids is 1. The average Bonchev–Trinajstić information content (AvgIpc) is 2.32. The van der Waals surface area contributed by atoms with Crippen LogP contribution in [0.4, 0.5) is 0 Å². The molecule has 6 heteroatoms. The maximum absolute atomic E-state index is 11.4.